The maximum absolute atomic E-state index is 5.53. The zero-order chi connectivity index (χ0) is 17.1. The summed E-state index contributed by atoms with van der Waals surface area (Å²) in [5, 5.41) is 3.24. The van der Waals surface area contributed by atoms with Gasteiger partial charge in [0.1, 0.15) is 17.5 Å². The molecule has 2 aromatic rings. The molecule has 1 atom stereocenters. The van der Waals surface area contributed by atoms with Crippen LogP contribution in [0.1, 0.15) is 43.2 Å². The number of ether oxygens (including phenoxy) is 1. The number of aromatic nitrogens is 4. The van der Waals surface area contributed by atoms with Crippen molar-refractivity contribution in [2.45, 2.75) is 44.7 Å². The molecule has 0 saturated carbocycles. The Kier molecular flexibility index (Phi) is 4.85. The van der Waals surface area contributed by atoms with Crippen LogP contribution in [-0.4, -0.2) is 50.6 Å². The van der Waals surface area contributed by atoms with E-state index in [1.807, 2.05) is 6.92 Å². The number of rotatable bonds is 4. The summed E-state index contributed by atoms with van der Waals surface area (Å²) < 4.78 is 5.53. The maximum atomic E-state index is 5.53. The van der Waals surface area contributed by atoms with Crippen LogP contribution in [0.3, 0.4) is 0 Å². The normalized spacial score (nSPS) is 22.2. The minimum Gasteiger partial charge on any atom is -0.381 e. The van der Waals surface area contributed by atoms with Gasteiger partial charge in [0.15, 0.2) is 0 Å². The maximum Gasteiger partial charge on any atom is 0.150 e. The predicted molar refractivity (Wildman–Crippen MR) is 94.6 cm³/mol. The van der Waals surface area contributed by atoms with Crippen LogP contribution >= 0.6 is 0 Å². The van der Waals surface area contributed by atoms with E-state index in [0.717, 1.165) is 56.4 Å². The van der Waals surface area contributed by atoms with Crippen LogP contribution < -0.4 is 5.32 Å². The summed E-state index contributed by atoms with van der Waals surface area (Å²) in [4.78, 5) is 20.2. The molecule has 0 radical (unpaired) electrons. The third-order valence-electron chi connectivity index (χ3n) is 4.97. The SMILES string of the molecule is Cc1nc(Nc2cnccn2)cc([C@H]2CCCN2C2CCOCC2)n1. The molecule has 2 aromatic heterocycles. The smallest absolute Gasteiger partial charge is 0.150 e. The Bertz CT molecular complexity index is 704. The van der Waals surface area contributed by atoms with Gasteiger partial charge in [0.05, 0.1) is 17.9 Å². The summed E-state index contributed by atoms with van der Waals surface area (Å²) in [7, 11) is 0. The fourth-order valence-corrected chi connectivity index (χ4v) is 3.88. The summed E-state index contributed by atoms with van der Waals surface area (Å²) in [5.41, 5.74) is 1.10. The van der Waals surface area contributed by atoms with Crippen molar-refractivity contribution >= 4 is 11.6 Å². The Hall–Kier alpha value is -2.12. The van der Waals surface area contributed by atoms with Crippen LogP contribution in [0.15, 0.2) is 24.7 Å². The quantitative estimate of drug-likeness (QED) is 0.917. The van der Waals surface area contributed by atoms with Crippen molar-refractivity contribution in [2.75, 3.05) is 25.1 Å². The van der Waals surface area contributed by atoms with E-state index < -0.39 is 0 Å². The molecule has 2 fully saturated rings. The highest BCUT2D eigenvalue weighted by molar-refractivity contribution is 5.50. The molecule has 7 nitrogen and oxygen atoms in total. The molecule has 0 unspecified atom stereocenters. The van der Waals surface area contributed by atoms with E-state index >= 15 is 0 Å². The average Bonchev–Trinajstić information content (AvgIpc) is 3.13. The van der Waals surface area contributed by atoms with Crippen molar-refractivity contribution in [1.82, 2.24) is 24.8 Å². The lowest BCUT2D eigenvalue weighted by atomic mass is 10.0. The van der Waals surface area contributed by atoms with E-state index in [1.165, 1.54) is 6.42 Å². The second-order valence-corrected chi connectivity index (χ2v) is 6.68. The molecule has 0 aromatic carbocycles. The molecule has 7 heteroatoms. The summed E-state index contributed by atoms with van der Waals surface area (Å²) in [6.07, 6.45) is 9.63. The molecule has 2 saturated heterocycles. The van der Waals surface area contributed by atoms with Crippen molar-refractivity contribution in [1.29, 1.82) is 0 Å². The van der Waals surface area contributed by atoms with Gasteiger partial charge < -0.3 is 10.1 Å². The summed E-state index contributed by atoms with van der Waals surface area (Å²) in [6.45, 7) is 4.83. The Labute approximate surface area is 147 Å². The zero-order valence-electron chi connectivity index (χ0n) is 14.6. The van der Waals surface area contributed by atoms with Gasteiger partial charge in [-0.15, -0.1) is 0 Å². The molecule has 0 spiro atoms. The minimum absolute atomic E-state index is 0.368. The number of aryl methyl sites for hydroxylation is 1. The first-order valence-corrected chi connectivity index (χ1v) is 9.02. The number of likely N-dealkylation sites (tertiary alicyclic amines) is 1. The Balaban J connectivity index is 1.56. The van der Waals surface area contributed by atoms with Gasteiger partial charge in [0.25, 0.3) is 0 Å². The highest BCUT2D eigenvalue weighted by Gasteiger charge is 2.33. The van der Waals surface area contributed by atoms with Gasteiger partial charge >= 0.3 is 0 Å². The van der Waals surface area contributed by atoms with E-state index in [-0.39, 0.29) is 0 Å². The molecule has 4 rings (SSSR count). The van der Waals surface area contributed by atoms with E-state index in [0.29, 0.717) is 17.9 Å². The van der Waals surface area contributed by atoms with Crippen molar-refractivity contribution in [3.63, 3.8) is 0 Å². The van der Waals surface area contributed by atoms with E-state index in [9.17, 15) is 0 Å². The lowest BCUT2D eigenvalue weighted by Crippen LogP contribution is -2.39. The number of hydrogen-bond acceptors (Lipinski definition) is 7. The zero-order valence-corrected chi connectivity index (χ0v) is 14.6. The number of nitrogens with zero attached hydrogens (tertiary/aromatic N) is 5. The van der Waals surface area contributed by atoms with Crippen LogP contribution in [0.2, 0.25) is 0 Å². The second kappa shape index (κ2) is 7.41. The highest BCUT2D eigenvalue weighted by atomic mass is 16.5. The standard InChI is InChI=1S/C18H24N6O/c1-13-21-15(11-17(22-13)23-18-12-19-6-7-20-18)16-3-2-8-24(16)14-4-9-25-10-5-14/h6-7,11-12,14,16H,2-5,8-10H2,1H3,(H,20,21,22,23)/t16-/m1/s1. The Morgan fingerprint density at radius 2 is 2.00 bits per heavy atom. The lowest BCUT2D eigenvalue weighted by molar-refractivity contribution is 0.0285. The molecule has 0 amide bonds. The van der Waals surface area contributed by atoms with Gasteiger partial charge in [-0.2, -0.15) is 0 Å². The summed E-state index contributed by atoms with van der Waals surface area (Å²) in [5.74, 6) is 2.25. The fourth-order valence-electron chi connectivity index (χ4n) is 3.88. The van der Waals surface area contributed by atoms with Crippen LogP contribution in [0.5, 0.6) is 0 Å². The van der Waals surface area contributed by atoms with Crippen LogP contribution in [0, 0.1) is 6.92 Å². The van der Waals surface area contributed by atoms with Crippen molar-refractivity contribution < 1.29 is 4.74 Å². The first kappa shape index (κ1) is 16.4. The highest BCUT2D eigenvalue weighted by Crippen LogP contribution is 2.35. The molecular formula is C18H24N6O. The monoisotopic (exact) mass is 340 g/mol. The molecule has 1 N–H and O–H groups in total. The van der Waals surface area contributed by atoms with Gasteiger partial charge in [-0.1, -0.05) is 0 Å². The van der Waals surface area contributed by atoms with Gasteiger partial charge in [-0.05, 0) is 39.2 Å². The first-order valence-electron chi connectivity index (χ1n) is 9.02. The Morgan fingerprint density at radius 3 is 2.80 bits per heavy atom. The molecule has 25 heavy (non-hydrogen) atoms. The summed E-state index contributed by atoms with van der Waals surface area (Å²) >= 11 is 0. The van der Waals surface area contributed by atoms with Gasteiger partial charge in [0.2, 0.25) is 0 Å². The molecule has 0 aliphatic carbocycles. The largest absolute Gasteiger partial charge is 0.381 e. The van der Waals surface area contributed by atoms with Gasteiger partial charge in [-0.25, -0.2) is 15.0 Å². The second-order valence-electron chi connectivity index (χ2n) is 6.68. The first-order chi connectivity index (χ1) is 12.3. The van der Waals surface area contributed by atoms with Crippen molar-refractivity contribution in [2.24, 2.45) is 0 Å². The lowest BCUT2D eigenvalue weighted by Gasteiger charge is -2.35. The van der Waals surface area contributed by atoms with E-state index in [1.54, 1.807) is 18.6 Å². The van der Waals surface area contributed by atoms with Crippen LogP contribution in [0.4, 0.5) is 11.6 Å². The van der Waals surface area contributed by atoms with Crippen LogP contribution in [-0.2, 0) is 4.74 Å². The number of anilines is 2. The van der Waals surface area contributed by atoms with Crippen molar-refractivity contribution in [3.05, 3.63) is 36.2 Å². The number of hydrogen-bond donors (Lipinski definition) is 1. The predicted octanol–water partition coefficient (Wildman–Crippen LogP) is 2.63. The minimum atomic E-state index is 0.368. The summed E-state index contributed by atoms with van der Waals surface area (Å²) in [6, 6.07) is 3.03. The van der Waals surface area contributed by atoms with E-state index in [4.69, 9.17) is 9.72 Å². The Morgan fingerprint density at radius 1 is 1.12 bits per heavy atom. The molecular weight excluding hydrogens is 316 g/mol. The molecule has 0 bridgehead atoms. The van der Waals surface area contributed by atoms with E-state index in [2.05, 4.69) is 31.2 Å². The topological polar surface area (TPSA) is 76.1 Å². The third-order valence-corrected chi connectivity index (χ3v) is 4.97. The van der Waals surface area contributed by atoms with Gasteiger partial charge in [-0.3, -0.25) is 9.88 Å². The fraction of sp³-hybridized carbons (Fsp3) is 0.556. The molecule has 2 aliphatic heterocycles. The molecule has 4 heterocycles. The molecule has 2 aliphatic rings. The number of nitrogens with one attached hydrogen (secondary N) is 1. The van der Waals surface area contributed by atoms with Crippen LogP contribution in [0.25, 0.3) is 0 Å². The van der Waals surface area contributed by atoms with Gasteiger partial charge in [0, 0.05) is 37.7 Å². The average molecular weight is 340 g/mol. The molecule has 132 valence electrons. The third kappa shape index (κ3) is 3.77. The van der Waals surface area contributed by atoms with Crippen molar-refractivity contribution in [3.8, 4) is 0 Å².